The topological polar surface area (TPSA) is 75.5 Å². The Kier molecular flexibility index (Phi) is 4.35. The first kappa shape index (κ1) is 15.1. The number of anilines is 1. The van der Waals surface area contributed by atoms with E-state index in [-0.39, 0.29) is 0 Å². The Morgan fingerprint density at radius 3 is 2.81 bits per heavy atom. The van der Waals surface area contributed by atoms with Crippen molar-refractivity contribution in [3.05, 3.63) is 33.9 Å². The van der Waals surface area contributed by atoms with E-state index < -0.39 is 34.0 Å². The van der Waals surface area contributed by atoms with Gasteiger partial charge in [0.1, 0.15) is 0 Å². The van der Waals surface area contributed by atoms with Crippen LogP contribution in [0.1, 0.15) is 19.8 Å². The lowest BCUT2D eigenvalue weighted by molar-refractivity contribution is -0.384. The second-order valence-electron chi connectivity index (χ2n) is 5.14. The van der Waals surface area contributed by atoms with Gasteiger partial charge in [-0.3, -0.25) is 15.4 Å². The highest BCUT2D eigenvalue weighted by Gasteiger charge is 2.27. The molecule has 1 unspecified atom stereocenters. The van der Waals surface area contributed by atoms with Gasteiger partial charge >= 0.3 is 6.03 Å². The van der Waals surface area contributed by atoms with E-state index in [1.165, 1.54) is 4.90 Å². The molecule has 1 aliphatic rings. The number of urea groups is 1. The van der Waals surface area contributed by atoms with Crippen molar-refractivity contribution in [2.75, 3.05) is 18.4 Å². The molecule has 0 aliphatic carbocycles. The van der Waals surface area contributed by atoms with Crippen molar-refractivity contribution < 1.29 is 18.5 Å². The Labute approximate surface area is 119 Å². The number of rotatable bonds is 2. The molecule has 114 valence electrons. The zero-order chi connectivity index (χ0) is 15.6. The number of carbonyl (C=O) groups excluding carboxylic acids is 1. The average molecular weight is 299 g/mol. The molecule has 1 aromatic rings. The van der Waals surface area contributed by atoms with E-state index in [9.17, 15) is 23.7 Å². The zero-order valence-electron chi connectivity index (χ0n) is 11.4. The average Bonchev–Trinajstić information content (AvgIpc) is 2.43. The molecule has 1 saturated heterocycles. The minimum Gasteiger partial charge on any atom is -0.324 e. The van der Waals surface area contributed by atoms with Crippen LogP contribution in [0.2, 0.25) is 0 Å². The van der Waals surface area contributed by atoms with E-state index >= 15 is 0 Å². The minimum absolute atomic E-state index is 0.303. The van der Waals surface area contributed by atoms with Gasteiger partial charge in [-0.25, -0.2) is 13.6 Å². The molecule has 2 amide bonds. The summed E-state index contributed by atoms with van der Waals surface area (Å²) in [5.74, 6) is -2.37. The van der Waals surface area contributed by atoms with Gasteiger partial charge in [0, 0.05) is 19.2 Å². The number of carbonyl (C=O) groups is 1. The lowest BCUT2D eigenvalue weighted by Crippen LogP contribution is -2.41. The van der Waals surface area contributed by atoms with Gasteiger partial charge in [0.25, 0.3) is 5.69 Å². The number of amides is 2. The number of nitrogens with one attached hydrogen (secondary N) is 1. The number of halogens is 2. The second-order valence-corrected chi connectivity index (χ2v) is 5.14. The fourth-order valence-electron chi connectivity index (χ4n) is 2.37. The van der Waals surface area contributed by atoms with Crippen molar-refractivity contribution in [2.24, 2.45) is 5.92 Å². The van der Waals surface area contributed by atoms with Crippen LogP contribution in [0.5, 0.6) is 0 Å². The number of piperidine rings is 1. The number of likely N-dealkylation sites (tertiary alicyclic amines) is 1. The van der Waals surface area contributed by atoms with Crippen LogP contribution in [0.3, 0.4) is 0 Å². The monoisotopic (exact) mass is 299 g/mol. The summed E-state index contributed by atoms with van der Waals surface area (Å²) in [7, 11) is 0. The van der Waals surface area contributed by atoms with Crippen LogP contribution in [-0.4, -0.2) is 28.9 Å². The predicted molar refractivity (Wildman–Crippen MR) is 72.0 cm³/mol. The van der Waals surface area contributed by atoms with Crippen LogP contribution in [0, 0.1) is 27.7 Å². The number of nitro groups is 1. The smallest absolute Gasteiger partial charge is 0.322 e. The van der Waals surface area contributed by atoms with E-state index in [2.05, 4.69) is 5.32 Å². The standard InChI is InChI=1S/C13H15F2N3O3/c1-8-3-2-6-17(7-8)13(19)16-12-10(18(20)21)5-4-9(14)11(12)15/h4-5,8H,2-3,6-7H2,1H3,(H,16,19). The molecule has 0 aromatic heterocycles. The second kappa shape index (κ2) is 6.02. The highest BCUT2D eigenvalue weighted by atomic mass is 19.2. The predicted octanol–water partition coefficient (Wildman–Crippen LogP) is 3.14. The molecule has 6 nitrogen and oxygen atoms in total. The maximum atomic E-state index is 13.7. The molecular weight excluding hydrogens is 284 g/mol. The number of hydrogen-bond acceptors (Lipinski definition) is 3. The summed E-state index contributed by atoms with van der Waals surface area (Å²) in [4.78, 5) is 23.5. The molecule has 1 atom stereocenters. The number of nitrogens with zero attached hydrogens (tertiary/aromatic N) is 2. The number of benzene rings is 1. The first-order valence-corrected chi connectivity index (χ1v) is 6.58. The minimum atomic E-state index is -1.43. The molecule has 0 saturated carbocycles. The van der Waals surface area contributed by atoms with E-state index in [0.29, 0.717) is 25.1 Å². The van der Waals surface area contributed by atoms with Gasteiger partial charge in [-0.15, -0.1) is 0 Å². The fourth-order valence-corrected chi connectivity index (χ4v) is 2.37. The number of nitro benzene ring substituents is 1. The summed E-state index contributed by atoms with van der Waals surface area (Å²) in [6, 6.07) is 0.827. The van der Waals surface area contributed by atoms with Gasteiger partial charge in [0.15, 0.2) is 17.3 Å². The Morgan fingerprint density at radius 1 is 1.48 bits per heavy atom. The van der Waals surface area contributed by atoms with Crippen LogP contribution in [-0.2, 0) is 0 Å². The fraction of sp³-hybridized carbons (Fsp3) is 0.462. The lowest BCUT2D eigenvalue weighted by atomic mass is 10.0. The third kappa shape index (κ3) is 3.26. The van der Waals surface area contributed by atoms with E-state index in [0.717, 1.165) is 18.9 Å². The van der Waals surface area contributed by atoms with Gasteiger partial charge in [0.2, 0.25) is 0 Å². The summed E-state index contributed by atoms with van der Waals surface area (Å²) in [6.07, 6.45) is 1.79. The summed E-state index contributed by atoms with van der Waals surface area (Å²) in [5.41, 5.74) is -1.41. The molecular formula is C13H15F2N3O3. The van der Waals surface area contributed by atoms with Crippen LogP contribution in [0.25, 0.3) is 0 Å². The number of hydrogen-bond donors (Lipinski definition) is 1. The molecule has 2 rings (SSSR count). The molecule has 0 radical (unpaired) electrons. The molecule has 1 aromatic carbocycles. The Morgan fingerprint density at radius 2 is 2.19 bits per heavy atom. The summed E-state index contributed by atoms with van der Waals surface area (Å²) in [5, 5.41) is 13.0. The van der Waals surface area contributed by atoms with Gasteiger partial charge in [-0.2, -0.15) is 0 Å². The van der Waals surface area contributed by atoms with Gasteiger partial charge < -0.3 is 4.90 Å². The molecule has 0 bridgehead atoms. The van der Waals surface area contributed by atoms with Crippen molar-refractivity contribution in [3.63, 3.8) is 0 Å². The van der Waals surface area contributed by atoms with Gasteiger partial charge in [-0.1, -0.05) is 6.92 Å². The SMILES string of the molecule is CC1CCCN(C(=O)Nc2c([N+](=O)[O-])ccc(F)c2F)C1. The Hall–Kier alpha value is -2.25. The highest BCUT2D eigenvalue weighted by molar-refractivity contribution is 5.92. The molecule has 21 heavy (non-hydrogen) atoms. The van der Waals surface area contributed by atoms with E-state index in [1.807, 2.05) is 6.92 Å². The molecule has 8 heteroatoms. The molecule has 1 fully saturated rings. The summed E-state index contributed by atoms with van der Waals surface area (Å²) < 4.78 is 26.9. The molecule has 0 spiro atoms. The van der Waals surface area contributed by atoms with Crippen LogP contribution >= 0.6 is 0 Å². The Balaban J connectivity index is 2.24. The van der Waals surface area contributed by atoms with Crippen molar-refractivity contribution in [2.45, 2.75) is 19.8 Å². The molecule has 1 N–H and O–H groups in total. The van der Waals surface area contributed by atoms with Gasteiger partial charge in [0.05, 0.1) is 4.92 Å². The van der Waals surface area contributed by atoms with E-state index in [1.54, 1.807) is 0 Å². The van der Waals surface area contributed by atoms with Crippen molar-refractivity contribution in [1.29, 1.82) is 0 Å². The van der Waals surface area contributed by atoms with Crippen LogP contribution in [0.4, 0.5) is 25.0 Å². The first-order chi connectivity index (χ1) is 9.90. The third-order valence-electron chi connectivity index (χ3n) is 3.45. The van der Waals surface area contributed by atoms with Crippen molar-refractivity contribution in [3.8, 4) is 0 Å². The van der Waals surface area contributed by atoms with Crippen LogP contribution < -0.4 is 5.32 Å². The zero-order valence-corrected chi connectivity index (χ0v) is 11.4. The lowest BCUT2D eigenvalue weighted by Gasteiger charge is -2.30. The normalized spacial score (nSPS) is 18.4. The maximum absolute atomic E-state index is 13.7. The molecule has 1 heterocycles. The Bertz CT molecular complexity index is 580. The first-order valence-electron chi connectivity index (χ1n) is 6.58. The highest BCUT2D eigenvalue weighted by Crippen LogP contribution is 2.29. The summed E-state index contributed by atoms with van der Waals surface area (Å²) in [6.45, 7) is 2.95. The quantitative estimate of drug-likeness (QED) is 0.673. The van der Waals surface area contributed by atoms with Crippen LogP contribution in [0.15, 0.2) is 12.1 Å². The maximum Gasteiger partial charge on any atom is 0.322 e. The van der Waals surface area contributed by atoms with Gasteiger partial charge in [-0.05, 0) is 24.8 Å². The molecule has 1 aliphatic heterocycles. The van der Waals surface area contributed by atoms with E-state index in [4.69, 9.17) is 0 Å². The van der Waals surface area contributed by atoms with Crippen molar-refractivity contribution in [1.82, 2.24) is 4.90 Å². The summed E-state index contributed by atoms with van der Waals surface area (Å²) >= 11 is 0. The van der Waals surface area contributed by atoms with Crippen molar-refractivity contribution >= 4 is 17.4 Å². The third-order valence-corrected chi connectivity index (χ3v) is 3.45. The largest absolute Gasteiger partial charge is 0.324 e.